The van der Waals surface area contributed by atoms with Crippen LogP contribution in [-0.2, 0) is 0 Å². The molecule has 0 aliphatic carbocycles. The number of rotatable bonds is 4. The number of tetrazole rings is 1. The van der Waals surface area contributed by atoms with E-state index in [4.69, 9.17) is 0 Å². The first kappa shape index (κ1) is 11.9. The molecule has 0 fully saturated rings. The van der Waals surface area contributed by atoms with Crippen molar-refractivity contribution in [2.24, 2.45) is 0 Å². The molecule has 1 atom stereocenters. The minimum atomic E-state index is 0.273. The van der Waals surface area contributed by atoms with Gasteiger partial charge in [-0.3, -0.25) is 0 Å². The lowest BCUT2D eigenvalue weighted by molar-refractivity contribution is 0.788. The standard InChI is InChI=1S/C13H13N5S/c1-10(11-5-6-19-8-11)15-12-3-2-4-13(7-12)18-9-14-16-17-18/h2-10,15H,1H3. The van der Waals surface area contributed by atoms with Crippen LogP contribution in [0.3, 0.4) is 0 Å². The van der Waals surface area contributed by atoms with Crippen LogP contribution >= 0.6 is 11.3 Å². The molecule has 2 heterocycles. The Hall–Kier alpha value is -2.21. The Morgan fingerprint density at radius 1 is 1.32 bits per heavy atom. The second-order valence-corrected chi connectivity index (χ2v) is 5.01. The van der Waals surface area contributed by atoms with E-state index in [0.717, 1.165) is 11.4 Å². The van der Waals surface area contributed by atoms with E-state index in [1.807, 2.05) is 24.3 Å². The van der Waals surface area contributed by atoms with Gasteiger partial charge in [0, 0.05) is 11.7 Å². The highest BCUT2D eigenvalue weighted by Gasteiger charge is 2.06. The van der Waals surface area contributed by atoms with Crippen molar-refractivity contribution < 1.29 is 0 Å². The minimum Gasteiger partial charge on any atom is -0.378 e. The van der Waals surface area contributed by atoms with Gasteiger partial charge in [0.2, 0.25) is 0 Å². The quantitative estimate of drug-likeness (QED) is 0.792. The molecule has 6 heteroatoms. The van der Waals surface area contributed by atoms with Crippen LogP contribution in [0.1, 0.15) is 18.5 Å². The Bertz CT molecular complexity index is 633. The maximum atomic E-state index is 3.89. The van der Waals surface area contributed by atoms with Gasteiger partial charge in [-0.2, -0.15) is 11.3 Å². The lowest BCUT2D eigenvalue weighted by Crippen LogP contribution is -2.06. The summed E-state index contributed by atoms with van der Waals surface area (Å²) in [6, 6.07) is 10.4. The number of hydrogen-bond donors (Lipinski definition) is 1. The Kier molecular flexibility index (Phi) is 3.24. The predicted octanol–water partition coefficient (Wildman–Crippen LogP) is 2.90. The average Bonchev–Trinajstić information content (AvgIpc) is 3.13. The maximum absolute atomic E-state index is 3.89. The van der Waals surface area contributed by atoms with Crippen molar-refractivity contribution in [2.75, 3.05) is 5.32 Å². The zero-order valence-corrected chi connectivity index (χ0v) is 11.2. The normalized spacial score (nSPS) is 12.3. The second kappa shape index (κ2) is 5.19. The van der Waals surface area contributed by atoms with Gasteiger partial charge < -0.3 is 5.32 Å². The summed E-state index contributed by atoms with van der Waals surface area (Å²) < 4.78 is 1.64. The molecule has 0 saturated heterocycles. The van der Waals surface area contributed by atoms with Crippen LogP contribution in [0.25, 0.3) is 5.69 Å². The molecule has 0 aliphatic heterocycles. The van der Waals surface area contributed by atoms with E-state index in [2.05, 4.69) is 44.6 Å². The van der Waals surface area contributed by atoms with Crippen LogP contribution in [0.5, 0.6) is 0 Å². The maximum Gasteiger partial charge on any atom is 0.143 e. The van der Waals surface area contributed by atoms with E-state index in [1.54, 1.807) is 22.3 Å². The number of hydrogen-bond acceptors (Lipinski definition) is 5. The summed E-state index contributed by atoms with van der Waals surface area (Å²) in [6.45, 7) is 2.14. The van der Waals surface area contributed by atoms with Crippen molar-refractivity contribution in [3.05, 3.63) is 53.0 Å². The van der Waals surface area contributed by atoms with E-state index in [9.17, 15) is 0 Å². The van der Waals surface area contributed by atoms with E-state index < -0.39 is 0 Å². The van der Waals surface area contributed by atoms with Crippen molar-refractivity contribution in [1.82, 2.24) is 20.2 Å². The smallest absolute Gasteiger partial charge is 0.143 e. The summed E-state index contributed by atoms with van der Waals surface area (Å²) in [5.41, 5.74) is 3.28. The summed E-state index contributed by atoms with van der Waals surface area (Å²) in [5.74, 6) is 0. The van der Waals surface area contributed by atoms with E-state index in [1.165, 1.54) is 5.56 Å². The van der Waals surface area contributed by atoms with Crippen LogP contribution in [0.4, 0.5) is 5.69 Å². The van der Waals surface area contributed by atoms with Gasteiger partial charge in [-0.15, -0.1) is 5.10 Å². The second-order valence-electron chi connectivity index (χ2n) is 4.23. The molecule has 0 bridgehead atoms. The molecule has 0 spiro atoms. The molecule has 5 nitrogen and oxygen atoms in total. The number of thiophene rings is 1. The van der Waals surface area contributed by atoms with Gasteiger partial charge in [0.1, 0.15) is 6.33 Å². The number of nitrogens with zero attached hydrogens (tertiary/aromatic N) is 4. The molecule has 96 valence electrons. The Balaban J connectivity index is 1.80. The number of benzene rings is 1. The summed E-state index contributed by atoms with van der Waals surface area (Å²) >= 11 is 1.71. The molecule has 19 heavy (non-hydrogen) atoms. The summed E-state index contributed by atoms with van der Waals surface area (Å²) in [7, 11) is 0. The third kappa shape index (κ3) is 2.63. The molecule has 1 aromatic carbocycles. The average molecular weight is 271 g/mol. The zero-order valence-electron chi connectivity index (χ0n) is 10.4. The molecular formula is C13H13N5S. The first-order valence-electron chi connectivity index (χ1n) is 5.95. The Morgan fingerprint density at radius 2 is 2.26 bits per heavy atom. The number of anilines is 1. The highest BCUT2D eigenvalue weighted by molar-refractivity contribution is 7.07. The third-order valence-electron chi connectivity index (χ3n) is 2.89. The van der Waals surface area contributed by atoms with E-state index in [-0.39, 0.29) is 6.04 Å². The first-order chi connectivity index (χ1) is 9.33. The van der Waals surface area contributed by atoms with Crippen molar-refractivity contribution in [2.45, 2.75) is 13.0 Å². The van der Waals surface area contributed by atoms with Crippen molar-refractivity contribution in [3.63, 3.8) is 0 Å². The zero-order chi connectivity index (χ0) is 13.1. The van der Waals surface area contributed by atoms with Crippen molar-refractivity contribution in [1.29, 1.82) is 0 Å². The lowest BCUT2D eigenvalue weighted by Gasteiger charge is -2.14. The molecule has 3 rings (SSSR count). The van der Waals surface area contributed by atoms with Crippen LogP contribution in [0, 0.1) is 0 Å². The predicted molar refractivity (Wildman–Crippen MR) is 75.5 cm³/mol. The lowest BCUT2D eigenvalue weighted by atomic mass is 10.1. The van der Waals surface area contributed by atoms with E-state index in [0.29, 0.717) is 0 Å². The Morgan fingerprint density at radius 3 is 3.00 bits per heavy atom. The van der Waals surface area contributed by atoms with Gasteiger partial charge in [0.05, 0.1) is 5.69 Å². The highest BCUT2D eigenvalue weighted by atomic mass is 32.1. The molecule has 1 unspecified atom stereocenters. The minimum absolute atomic E-state index is 0.273. The fourth-order valence-electron chi connectivity index (χ4n) is 1.87. The number of aromatic nitrogens is 4. The molecule has 3 aromatic rings. The number of nitrogens with one attached hydrogen (secondary N) is 1. The van der Waals surface area contributed by atoms with Crippen molar-refractivity contribution in [3.8, 4) is 5.69 Å². The monoisotopic (exact) mass is 271 g/mol. The first-order valence-corrected chi connectivity index (χ1v) is 6.89. The molecule has 0 aliphatic rings. The van der Waals surface area contributed by atoms with Crippen LogP contribution in [0.2, 0.25) is 0 Å². The Labute approximate surface area is 114 Å². The topological polar surface area (TPSA) is 55.6 Å². The molecular weight excluding hydrogens is 258 g/mol. The van der Waals surface area contributed by atoms with Gasteiger partial charge in [0.15, 0.2) is 0 Å². The van der Waals surface area contributed by atoms with Gasteiger partial charge in [-0.25, -0.2) is 4.68 Å². The molecule has 1 N–H and O–H groups in total. The summed E-state index contributed by atoms with van der Waals surface area (Å²) in [5, 5.41) is 18.9. The fraction of sp³-hybridized carbons (Fsp3) is 0.154. The fourth-order valence-corrected chi connectivity index (χ4v) is 2.63. The van der Waals surface area contributed by atoms with Crippen LogP contribution in [0.15, 0.2) is 47.4 Å². The SMILES string of the molecule is CC(Nc1cccc(-n2cnnn2)c1)c1ccsc1. The molecule has 0 radical (unpaired) electrons. The third-order valence-corrected chi connectivity index (χ3v) is 3.59. The van der Waals surface area contributed by atoms with Gasteiger partial charge in [-0.05, 0) is 57.9 Å². The van der Waals surface area contributed by atoms with E-state index >= 15 is 0 Å². The molecule has 2 aromatic heterocycles. The van der Waals surface area contributed by atoms with Crippen LogP contribution in [-0.4, -0.2) is 20.2 Å². The summed E-state index contributed by atoms with van der Waals surface area (Å²) in [6.07, 6.45) is 1.58. The van der Waals surface area contributed by atoms with Crippen LogP contribution < -0.4 is 5.32 Å². The van der Waals surface area contributed by atoms with Crippen molar-refractivity contribution >= 4 is 17.0 Å². The highest BCUT2D eigenvalue weighted by Crippen LogP contribution is 2.22. The summed E-state index contributed by atoms with van der Waals surface area (Å²) in [4.78, 5) is 0. The molecule has 0 saturated carbocycles. The van der Waals surface area contributed by atoms with Gasteiger partial charge in [0.25, 0.3) is 0 Å². The molecule has 0 amide bonds. The van der Waals surface area contributed by atoms with Gasteiger partial charge in [-0.1, -0.05) is 6.07 Å². The largest absolute Gasteiger partial charge is 0.378 e. The van der Waals surface area contributed by atoms with Gasteiger partial charge >= 0.3 is 0 Å².